The quantitative estimate of drug-likeness (QED) is 0.716. The van der Waals surface area contributed by atoms with Crippen LogP contribution in [0.5, 0.6) is 0 Å². The van der Waals surface area contributed by atoms with Gasteiger partial charge in [0.25, 0.3) is 0 Å². The number of nitrogens with zero attached hydrogens (tertiary/aromatic N) is 2. The molecule has 25 heavy (non-hydrogen) atoms. The van der Waals surface area contributed by atoms with E-state index in [1.54, 1.807) is 18.2 Å². The van der Waals surface area contributed by atoms with Crippen molar-refractivity contribution in [1.82, 2.24) is 10.1 Å². The first-order chi connectivity index (χ1) is 12.1. The number of carboxylic acid groups (broad SMARTS) is 1. The third kappa shape index (κ3) is 4.08. The van der Waals surface area contributed by atoms with Crippen LogP contribution in [0.1, 0.15) is 22.7 Å². The van der Waals surface area contributed by atoms with Crippen molar-refractivity contribution in [3.8, 4) is 11.4 Å². The Morgan fingerprint density at radius 2 is 1.76 bits per heavy atom. The number of benzene rings is 2. The second-order valence-corrected chi connectivity index (χ2v) is 5.28. The van der Waals surface area contributed by atoms with Gasteiger partial charge in [-0.25, -0.2) is 4.79 Å². The van der Waals surface area contributed by atoms with Crippen LogP contribution in [0.25, 0.3) is 11.4 Å². The van der Waals surface area contributed by atoms with E-state index < -0.39 is 5.97 Å². The molecule has 0 radical (unpaired) electrons. The van der Waals surface area contributed by atoms with Gasteiger partial charge in [-0.2, -0.15) is 4.98 Å². The molecule has 3 aromatic rings. The molecule has 0 bridgehead atoms. The first-order valence-corrected chi connectivity index (χ1v) is 7.63. The summed E-state index contributed by atoms with van der Waals surface area (Å²) in [6.07, 6.45) is 0.366. The van der Waals surface area contributed by atoms with Gasteiger partial charge in [0.05, 0.1) is 11.3 Å². The van der Waals surface area contributed by atoms with E-state index in [1.807, 2.05) is 30.3 Å². The molecular weight excluding hydrogens is 322 g/mol. The summed E-state index contributed by atoms with van der Waals surface area (Å²) < 4.78 is 5.15. The summed E-state index contributed by atoms with van der Waals surface area (Å²) in [4.78, 5) is 27.4. The topological polar surface area (TPSA) is 105 Å². The number of hydrogen-bond acceptors (Lipinski definition) is 5. The Morgan fingerprint density at radius 1 is 1.04 bits per heavy atom. The summed E-state index contributed by atoms with van der Waals surface area (Å²) in [5.41, 5.74) is 1.13. The molecule has 0 fully saturated rings. The SMILES string of the molecule is O=C(CCc1nc(-c2ccccc2)no1)Nc1ccccc1C(=O)O. The number of carbonyl (C=O) groups is 2. The van der Waals surface area contributed by atoms with E-state index in [0.717, 1.165) is 5.56 Å². The van der Waals surface area contributed by atoms with E-state index in [0.29, 0.717) is 11.7 Å². The Morgan fingerprint density at radius 3 is 2.52 bits per heavy atom. The standard InChI is InChI=1S/C18H15N3O4/c22-15(19-14-9-5-4-8-13(14)18(23)24)10-11-16-20-17(21-25-16)12-6-2-1-3-7-12/h1-9H,10-11H2,(H,19,22)(H,23,24). The van der Waals surface area contributed by atoms with Gasteiger partial charge in [-0.15, -0.1) is 0 Å². The summed E-state index contributed by atoms with van der Waals surface area (Å²) in [5, 5.41) is 15.6. The number of hydrogen-bond donors (Lipinski definition) is 2. The van der Waals surface area contributed by atoms with Gasteiger partial charge in [-0.3, -0.25) is 4.79 Å². The molecule has 126 valence electrons. The Balaban J connectivity index is 1.60. The fraction of sp³-hybridized carbons (Fsp3) is 0.111. The lowest BCUT2D eigenvalue weighted by atomic mass is 10.1. The third-order valence-electron chi connectivity index (χ3n) is 3.50. The molecule has 2 aromatic carbocycles. The van der Waals surface area contributed by atoms with E-state index in [4.69, 9.17) is 9.63 Å². The predicted octanol–water partition coefficient (Wildman–Crippen LogP) is 3.01. The number of carboxylic acids is 1. The second-order valence-electron chi connectivity index (χ2n) is 5.28. The molecule has 0 saturated heterocycles. The molecule has 2 N–H and O–H groups in total. The molecule has 0 spiro atoms. The lowest BCUT2D eigenvalue weighted by molar-refractivity contribution is -0.116. The van der Waals surface area contributed by atoms with Crippen molar-refractivity contribution in [2.75, 3.05) is 5.32 Å². The molecule has 0 atom stereocenters. The maximum atomic E-state index is 12.0. The summed E-state index contributed by atoms with van der Waals surface area (Å²) in [5.74, 6) is -0.610. The van der Waals surface area contributed by atoms with E-state index in [1.165, 1.54) is 6.07 Å². The van der Waals surface area contributed by atoms with Gasteiger partial charge in [0.2, 0.25) is 17.6 Å². The van der Waals surface area contributed by atoms with Gasteiger partial charge in [-0.05, 0) is 12.1 Å². The van der Waals surface area contributed by atoms with Crippen LogP contribution >= 0.6 is 0 Å². The van der Waals surface area contributed by atoms with Gasteiger partial charge < -0.3 is 14.9 Å². The van der Waals surface area contributed by atoms with E-state index >= 15 is 0 Å². The van der Waals surface area contributed by atoms with Gasteiger partial charge in [0, 0.05) is 18.4 Å². The van der Waals surface area contributed by atoms with Crippen molar-refractivity contribution in [3.63, 3.8) is 0 Å². The summed E-state index contributed by atoms with van der Waals surface area (Å²) in [6.45, 7) is 0. The third-order valence-corrected chi connectivity index (χ3v) is 3.50. The number of nitrogens with one attached hydrogen (secondary N) is 1. The first-order valence-electron chi connectivity index (χ1n) is 7.63. The molecule has 1 amide bonds. The minimum Gasteiger partial charge on any atom is -0.478 e. The van der Waals surface area contributed by atoms with Crippen LogP contribution in [-0.2, 0) is 11.2 Å². The molecule has 3 rings (SSSR count). The molecule has 0 aliphatic heterocycles. The number of rotatable bonds is 6. The molecule has 7 nitrogen and oxygen atoms in total. The van der Waals surface area contributed by atoms with Gasteiger partial charge in [0.1, 0.15) is 0 Å². The largest absolute Gasteiger partial charge is 0.478 e. The fourth-order valence-electron chi connectivity index (χ4n) is 2.27. The van der Waals surface area contributed by atoms with E-state index in [9.17, 15) is 9.59 Å². The molecule has 0 aliphatic rings. The van der Waals surface area contributed by atoms with Crippen LogP contribution in [0.15, 0.2) is 59.1 Å². The van der Waals surface area contributed by atoms with Crippen molar-refractivity contribution in [1.29, 1.82) is 0 Å². The fourth-order valence-corrected chi connectivity index (χ4v) is 2.27. The number of aryl methyl sites for hydroxylation is 1. The highest BCUT2D eigenvalue weighted by atomic mass is 16.5. The Hall–Kier alpha value is -3.48. The normalized spacial score (nSPS) is 10.4. The predicted molar refractivity (Wildman–Crippen MR) is 90.1 cm³/mol. The maximum absolute atomic E-state index is 12.0. The molecular formula is C18H15N3O4. The molecule has 1 aromatic heterocycles. The van der Waals surface area contributed by atoms with Gasteiger partial charge in [-0.1, -0.05) is 47.6 Å². The summed E-state index contributed by atoms with van der Waals surface area (Å²) in [7, 11) is 0. The molecule has 0 aliphatic carbocycles. The lowest BCUT2D eigenvalue weighted by Crippen LogP contribution is -2.15. The molecule has 1 heterocycles. The van der Waals surface area contributed by atoms with Crippen molar-refractivity contribution in [2.45, 2.75) is 12.8 Å². The van der Waals surface area contributed by atoms with Crippen LogP contribution in [0.3, 0.4) is 0 Å². The number of para-hydroxylation sites is 1. The second kappa shape index (κ2) is 7.39. The summed E-state index contributed by atoms with van der Waals surface area (Å²) in [6, 6.07) is 15.6. The van der Waals surface area contributed by atoms with Crippen LogP contribution in [0, 0.1) is 0 Å². The number of amides is 1. The van der Waals surface area contributed by atoms with Crippen molar-refractivity contribution in [2.24, 2.45) is 0 Å². The molecule has 7 heteroatoms. The average molecular weight is 337 g/mol. The zero-order chi connectivity index (χ0) is 17.6. The minimum atomic E-state index is -1.10. The smallest absolute Gasteiger partial charge is 0.337 e. The van der Waals surface area contributed by atoms with Crippen LogP contribution < -0.4 is 5.32 Å². The highest BCUT2D eigenvalue weighted by Crippen LogP contribution is 2.17. The number of anilines is 1. The minimum absolute atomic E-state index is 0.0417. The number of aromatic nitrogens is 2. The monoisotopic (exact) mass is 337 g/mol. The van der Waals surface area contributed by atoms with Crippen molar-refractivity contribution < 1.29 is 19.2 Å². The van der Waals surface area contributed by atoms with E-state index in [2.05, 4.69) is 15.5 Å². The number of carbonyl (C=O) groups excluding carboxylic acids is 1. The molecule has 0 saturated carbocycles. The Labute approximate surface area is 143 Å². The number of aromatic carboxylic acids is 1. The lowest BCUT2D eigenvalue weighted by Gasteiger charge is -2.07. The zero-order valence-corrected chi connectivity index (χ0v) is 13.2. The molecule has 0 unspecified atom stereocenters. The van der Waals surface area contributed by atoms with Crippen LogP contribution in [0.2, 0.25) is 0 Å². The first kappa shape index (κ1) is 16.4. The van der Waals surface area contributed by atoms with Crippen LogP contribution in [0.4, 0.5) is 5.69 Å². The Bertz CT molecular complexity index is 890. The Kier molecular flexibility index (Phi) is 4.84. The zero-order valence-electron chi connectivity index (χ0n) is 13.2. The maximum Gasteiger partial charge on any atom is 0.337 e. The van der Waals surface area contributed by atoms with Gasteiger partial charge >= 0.3 is 5.97 Å². The van der Waals surface area contributed by atoms with Gasteiger partial charge in [0.15, 0.2) is 0 Å². The highest BCUT2D eigenvalue weighted by Gasteiger charge is 2.13. The average Bonchev–Trinajstić information content (AvgIpc) is 3.10. The van der Waals surface area contributed by atoms with Crippen molar-refractivity contribution in [3.05, 3.63) is 66.1 Å². The van der Waals surface area contributed by atoms with Crippen LogP contribution in [-0.4, -0.2) is 27.1 Å². The highest BCUT2D eigenvalue weighted by molar-refractivity contribution is 6.00. The van der Waals surface area contributed by atoms with Crippen molar-refractivity contribution >= 4 is 17.6 Å². The van der Waals surface area contributed by atoms with E-state index in [-0.39, 0.29) is 30.0 Å². The summed E-state index contributed by atoms with van der Waals surface area (Å²) >= 11 is 0.